The van der Waals surface area contributed by atoms with Gasteiger partial charge in [0.05, 0.1) is 12.5 Å². The molecule has 4 atom stereocenters. The molecule has 10 heteroatoms. The average molecular weight is 537 g/mol. The number of nitrogens with one attached hydrogen (secondary N) is 1. The van der Waals surface area contributed by atoms with Crippen molar-refractivity contribution in [3.63, 3.8) is 0 Å². The Morgan fingerprint density at radius 3 is 2.15 bits per heavy atom. The fourth-order valence-electron chi connectivity index (χ4n) is 5.55. The molecule has 208 valence electrons. The lowest BCUT2D eigenvalue weighted by molar-refractivity contribution is -0.147. The lowest BCUT2D eigenvalue weighted by atomic mass is 10.0. The van der Waals surface area contributed by atoms with Crippen LogP contribution in [0.15, 0.2) is 54.6 Å². The van der Waals surface area contributed by atoms with Gasteiger partial charge in [0, 0.05) is 19.1 Å². The molecule has 0 aromatic heterocycles. The van der Waals surface area contributed by atoms with Crippen LogP contribution in [0.4, 0.5) is 0 Å². The van der Waals surface area contributed by atoms with Gasteiger partial charge in [0.15, 0.2) is 0 Å². The Hall–Kier alpha value is -3.92. The number of carbonyl (C=O) groups excluding carboxylic acids is 3. The highest BCUT2D eigenvalue weighted by atomic mass is 16.4. The van der Waals surface area contributed by atoms with E-state index in [9.17, 15) is 29.4 Å². The van der Waals surface area contributed by atoms with E-state index in [-0.39, 0.29) is 36.3 Å². The minimum absolute atomic E-state index is 0.127. The Kier molecular flexibility index (Phi) is 9.19. The van der Waals surface area contributed by atoms with Crippen LogP contribution in [0.2, 0.25) is 0 Å². The fraction of sp³-hybridized carbons (Fsp3) is 0.448. The number of aromatic hydroxyl groups is 1. The van der Waals surface area contributed by atoms with E-state index in [1.54, 1.807) is 12.1 Å². The number of phenolic OH excluding ortho intramolecular Hbond substituents is 1. The van der Waals surface area contributed by atoms with Crippen LogP contribution in [0, 0.1) is 0 Å². The zero-order chi connectivity index (χ0) is 27.9. The highest BCUT2D eigenvalue weighted by molar-refractivity contribution is 5.94. The average Bonchev–Trinajstić information content (AvgIpc) is 3.60. The maximum Gasteiger partial charge on any atom is 0.305 e. The van der Waals surface area contributed by atoms with Crippen LogP contribution in [-0.4, -0.2) is 81.0 Å². The van der Waals surface area contributed by atoms with Gasteiger partial charge in [-0.1, -0.05) is 42.5 Å². The summed E-state index contributed by atoms with van der Waals surface area (Å²) in [7, 11) is 0. The molecule has 2 fully saturated rings. The highest BCUT2D eigenvalue weighted by Crippen LogP contribution is 2.26. The minimum Gasteiger partial charge on any atom is -0.508 e. The molecule has 10 nitrogen and oxygen atoms in total. The second kappa shape index (κ2) is 12.8. The standard InChI is InChI=1S/C29H36N4O6/c30-23(17-20-10-12-22(34)13-11-20)28(38)33-15-5-9-25(33)29(39)32-14-4-8-24(32)27(37)31-21(18-26(35)36)16-19-6-2-1-3-7-19/h1-3,6-7,10-13,21,23-25,34H,4-5,8-9,14-18,30H2,(H,31,37)(H,35,36)/t21?,23-,24-,25-/m0/s1. The van der Waals surface area contributed by atoms with E-state index in [1.165, 1.54) is 21.9 Å². The molecule has 0 radical (unpaired) electrons. The molecule has 0 spiro atoms. The number of hydrogen-bond donors (Lipinski definition) is 4. The first kappa shape index (κ1) is 28.1. The van der Waals surface area contributed by atoms with Crippen molar-refractivity contribution in [2.75, 3.05) is 13.1 Å². The summed E-state index contributed by atoms with van der Waals surface area (Å²) < 4.78 is 0. The maximum atomic E-state index is 13.6. The SMILES string of the molecule is N[C@@H](Cc1ccc(O)cc1)C(=O)N1CCC[C@H]1C(=O)N1CCC[C@H]1C(=O)NC(CC(=O)O)Cc1ccccc1. The van der Waals surface area contributed by atoms with E-state index in [0.29, 0.717) is 45.2 Å². The Morgan fingerprint density at radius 1 is 0.872 bits per heavy atom. The molecule has 5 N–H and O–H groups in total. The molecule has 2 aliphatic rings. The lowest BCUT2D eigenvalue weighted by Gasteiger charge is -2.32. The van der Waals surface area contributed by atoms with Crippen molar-refractivity contribution in [3.8, 4) is 5.75 Å². The number of carboxylic acid groups (broad SMARTS) is 1. The van der Waals surface area contributed by atoms with Gasteiger partial charge in [-0.2, -0.15) is 0 Å². The monoisotopic (exact) mass is 536 g/mol. The molecule has 2 aliphatic heterocycles. The van der Waals surface area contributed by atoms with Crippen LogP contribution in [0.1, 0.15) is 43.2 Å². The van der Waals surface area contributed by atoms with Crippen LogP contribution in [0.25, 0.3) is 0 Å². The zero-order valence-corrected chi connectivity index (χ0v) is 21.9. The van der Waals surface area contributed by atoms with E-state index < -0.39 is 30.1 Å². The number of hydrogen-bond acceptors (Lipinski definition) is 6. The molecule has 0 aliphatic carbocycles. The topological polar surface area (TPSA) is 153 Å². The van der Waals surface area contributed by atoms with Crippen LogP contribution in [-0.2, 0) is 32.0 Å². The summed E-state index contributed by atoms with van der Waals surface area (Å²) >= 11 is 0. The molecule has 3 amide bonds. The molecule has 2 saturated heterocycles. The number of likely N-dealkylation sites (tertiary alicyclic amines) is 2. The van der Waals surface area contributed by atoms with Gasteiger partial charge in [-0.15, -0.1) is 0 Å². The van der Waals surface area contributed by atoms with Crippen LogP contribution >= 0.6 is 0 Å². The number of nitrogens with zero attached hydrogens (tertiary/aromatic N) is 2. The quantitative estimate of drug-likeness (QED) is 0.358. The molecule has 4 rings (SSSR count). The summed E-state index contributed by atoms with van der Waals surface area (Å²) in [6.45, 7) is 0.818. The molecule has 0 saturated carbocycles. The number of amides is 3. The number of benzene rings is 2. The van der Waals surface area contributed by atoms with Crippen molar-refractivity contribution < 1.29 is 29.4 Å². The minimum atomic E-state index is -1.01. The number of carbonyl (C=O) groups is 4. The van der Waals surface area contributed by atoms with Crippen LogP contribution in [0.3, 0.4) is 0 Å². The van der Waals surface area contributed by atoms with Gasteiger partial charge in [-0.05, 0) is 61.8 Å². The normalized spacial score (nSPS) is 20.4. The Labute approximate surface area is 227 Å². The molecule has 2 aromatic carbocycles. The fourth-order valence-corrected chi connectivity index (χ4v) is 5.55. The molecule has 2 heterocycles. The van der Waals surface area contributed by atoms with E-state index in [0.717, 1.165) is 11.1 Å². The first-order valence-electron chi connectivity index (χ1n) is 13.4. The molecule has 39 heavy (non-hydrogen) atoms. The largest absolute Gasteiger partial charge is 0.508 e. The van der Waals surface area contributed by atoms with Gasteiger partial charge < -0.3 is 31.1 Å². The van der Waals surface area contributed by atoms with Gasteiger partial charge in [0.25, 0.3) is 0 Å². The van der Waals surface area contributed by atoms with Gasteiger partial charge >= 0.3 is 5.97 Å². The van der Waals surface area contributed by atoms with Crippen molar-refractivity contribution in [2.45, 2.75) is 69.1 Å². The maximum absolute atomic E-state index is 13.6. The summed E-state index contributed by atoms with van der Waals surface area (Å²) in [6.07, 6.45) is 2.69. The number of rotatable bonds is 10. The number of carboxylic acids is 1. The summed E-state index contributed by atoms with van der Waals surface area (Å²) in [5.74, 6) is -1.85. The molecule has 1 unspecified atom stereocenters. The molecular weight excluding hydrogens is 500 g/mol. The van der Waals surface area contributed by atoms with Gasteiger partial charge in [-0.25, -0.2) is 0 Å². The predicted molar refractivity (Wildman–Crippen MR) is 144 cm³/mol. The number of nitrogens with two attached hydrogens (primary N) is 1. The van der Waals surface area contributed by atoms with E-state index in [4.69, 9.17) is 5.73 Å². The van der Waals surface area contributed by atoms with Gasteiger partial charge in [0.2, 0.25) is 17.7 Å². The smallest absolute Gasteiger partial charge is 0.305 e. The Morgan fingerprint density at radius 2 is 1.49 bits per heavy atom. The summed E-state index contributed by atoms with van der Waals surface area (Å²) in [5, 5.41) is 21.7. The third-order valence-corrected chi connectivity index (χ3v) is 7.46. The van der Waals surface area contributed by atoms with Crippen molar-refractivity contribution in [3.05, 3.63) is 65.7 Å². The van der Waals surface area contributed by atoms with Crippen molar-refractivity contribution in [1.82, 2.24) is 15.1 Å². The van der Waals surface area contributed by atoms with Gasteiger partial charge in [0.1, 0.15) is 17.8 Å². The second-order valence-corrected chi connectivity index (χ2v) is 10.3. The lowest BCUT2D eigenvalue weighted by Crippen LogP contribution is -2.56. The first-order chi connectivity index (χ1) is 18.7. The Bertz CT molecular complexity index is 1170. The van der Waals surface area contributed by atoms with E-state index >= 15 is 0 Å². The van der Waals surface area contributed by atoms with Crippen molar-refractivity contribution in [1.29, 1.82) is 0 Å². The van der Waals surface area contributed by atoms with Crippen LogP contribution in [0.5, 0.6) is 5.75 Å². The summed E-state index contributed by atoms with van der Waals surface area (Å²) in [4.78, 5) is 54.7. The van der Waals surface area contributed by atoms with Crippen molar-refractivity contribution in [2.24, 2.45) is 5.73 Å². The summed E-state index contributed by atoms with van der Waals surface area (Å²) in [6, 6.07) is 13.0. The molecule has 0 bridgehead atoms. The van der Waals surface area contributed by atoms with Gasteiger partial charge in [-0.3, -0.25) is 19.2 Å². The molecular formula is C29H36N4O6. The van der Waals surface area contributed by atoms with Crippen LogP contribution < -0.4 is 11.1 Å². The number of phenols is 1. The highest BCUT2D eigenvalue weighted by Gasteiger charge is 2.43. The second-order valence-electron chi connectivity index (χ2n) is 10.3. The first-order valence-corrected chi connectivity index (χ1v) is 13.4. The molecule has 2 aromatic rings. The third kappa shape index (κ3) is 7.14. The van der Waals surface area contributed by atoms with E-state index in [1.807, 2.05) is 30.3 Å². The number of aliphatic carboxylic acids is 1. The third-order valence-electron chi connectivity index (χ3n) is 7.46. The van der Waals surface area contributed by atoms with Crippen molar-refractivity contribution >= 4 is 23.7 Å². The zero-order valence-electron chi connectivity index (χ0n) is 21.9. The predicted octanol–water partition coefficient (Wildman–Crippen LogP) is 1.45. The van der Waals surface area contributed by atoms with E-state index in [2.05, 4.69) is 5.32 Å². The summed E-state index contributed by atoms with van der Waals surface area (Å²) in [5.41, 5.74) is 7.94. The Balaban J connectivity index is 1.40.